The van der Waals surface area contributed by atoms with Crippen LogP contribution in [-0.4, -0.2) is 15.6 Å². The Hall–Kier alpha value is -1.03. The average Bonchev–Trinajstić information content (AvgIpc) is 2.59. The second-order valence-corrected chi connectivity index (χ2v) is 5.32. The normalized spacial score (nSPS) is 10.8. The lowest BCUT2D eigenvalue weighted by Gasteiger charge is -2.05. The van der Waals surface area contributed by atoms with Crippen LogP contribution in [0.4, 0.5) is 0 Å². The van der Waals surface area contributed by atoms with Gasteiger partial charge in [-0.05, 0) is 19.1 Å². The lowest BCUT2D eigenvalue weighted by Crippen LogP contribution is -2.05. The molecule has 3 nitrogen and oxygen atoms in total. The molecule has 0 unspecified atom stereocenters. The third kappa shape index (κ3) is 2.78. The van der Waals surface area contributed by atoms with Gasteiger partial charge in [0.2, 0.25) is 0 Å². The molecular weight excluding hydrogens is 307 g/mol. The number of carbonyl (C=O) groups excluding carboxylic acids is 1. The molecule has 100 valence electrons. The number of hydrogen-bond donors (Lipinski definition) is 0. The number of halogens is 3. The van der Waals surface area contributed by atoms with E-state index >= 15 is 0 Å². The summed E-state index contributed by atoms with van der Waals surface area (Å²) < 4.78 is 1.54. The smallest absolute Gasteiger partial charge is 0.168 e. The third-order valence-electron chi connectivity index (χ3n) is 2.86. The van der Waals surface area contributed by atoms with Gasteiger partial charge in [-0.2, -0.15) is 5.10 Å². The summed E-state index contributed by atoms with van der Waals surface area (Å²) in [6.07, 6.45) is 0.151. The number of ketones is 1. The molecule has 0 spiro atoms. The van der Waals surface area contributed by atoms with Gasteiger partial charge in [-0.3, -0.25) is 9.48 Å². The van der Waals surface area contributed by atoms with Crippen molar-refractivity contribution in [2.75, 3.05) is 0 Å². The SMILES string of the molecule is Cc1nn(C)c(Cl)c1CC(=O)c1cccc(Cl)c1Cl. The lowest BCUT2D eigenvalue weighted by molar-refractivity contribution is 0.0993. The standard InChI is InChI=1S/C13H11Cl3N2O/c1-7-9(13(16)18(2)17-7)6-11(19)8-4-3-5-10(14)12(8)15/h3-5H,6H2,1-2H3. The molecule has 0 amide bonds. The second kappa shape index (κ2) is 5.53. The zero-order chi connectivity index (χ0) is 14.2. The Balaban J connectivity index is 2.34. The fourth-order valence-electron chi connectivity index (χ4n) is 1.85. The zero-order valence-electron chi connectivity index (χ0n) is 10.4. The molecule has 0 saturated heterocycles. The van der Waals surface area contributed by atoms with Crippen molar-refractivity contribution in [2.24, 2.45) is 7.05 Å². The van der Waals surface area contributed by atoms with Crippen molar-refractivity contribution in [1.82, 2.24) is 9.78 Å². The predicted molar refractivity (Wildman–Crippen MR) is 77.5 cm³/mol. The van der Waals surface area contributed by atoms with E-state index in [4.69, 9.17) is 34.8 Å². The van der Waals surface area contributed by atoms with Crippen LogP contribution in [0, 0.1) is 6.92 Å². The van der Waals surface area contributed by atoms with Gasteiger partial charge in [0, 0.05) is 24.6 Å². The van der Waals surface area contributed by atoms with Crippen molar-refractivity contribution in [1.29, 1.82) is 0 Å². The molecule has 1 aromatic carbocycles. The summed E-state index contributed by atoms with van der Waals surface area (Å²) in [7, 11) is 1.73. The van der Waals surface area contributed by atoms with Crippen LogP contribution in [0.1, 0.15) is 21.6 Å². The molecule has 0 saturated carbocycles. The van der Waals surface area contributed by atoms with Crippen LogP contribution in [0.25, 0.3) is 0 Å². The minimum Gasteiger partial charge on any atom is -0.294 e. The van der Waals surface area contributed by atoms with Gasteiger partial charge in [-0.25, -0.2) is 0 Å². The maximum absolute atomic E-state index is 12.3. The van der Waals surface area contributed by atoms with Crippen molar-refractivity contribution < 1.29 is 4.79 Å². The maximum Gasteiger partial charge on any atom is 0.168 e. The van der Waals surface area contributed by atoms with Crippen LogP contribution in [0.2, 0.25) is 15.2 Å². The van der Waals surface area contributed by atoms with E-state index in [1.807, 2.05) is 6.92 Å². The van der Waals surface area contributed by atoms with Crippen LogP contribution < -0.4 is 0 Å². The summed E-state index contributed by atoms with van der Waals surface area (Å²) in [6, 6.07) is 4.98. The third-order valence-corrected chi connectivity index (χ3v) is 4.15. The monoisotopic (exact) mass is 316 g/mol. The first-order valence-electron chi connectivity index (χ1n) is 5.57. The molecule has 0 radical (unpaired) electrons. The Morgan fingerprint density at radius 2 is 2.00 bits per heavy atom. The quantitative estimate of drug-likeness (QED) is 0.798. The van der Waals surface area contributed by atoms with Crippen LogP contribution in [0.5, 0.6) is 0 Å². The summed E-state index contributed by atoms with van der Waals surface area (Å²) in [4.78, 5) is 12.3. The van der Waals surface area contributed by atoms with E-state index in [-0.39, 0.29) is 17.2 Å². The zero-order valence-corrected chi connectivity index (χ0v) is 12.6. The lowest BCUT2D eigenvalue weighted by atomic mass is 10.0. The first-order valence-corrected chi connectivity index (χ1v) is 6.70. The van der Waals surface area contributed by atoms with Gasteiger partial charge in [0.05, 0.1) is 15.7 Å². The summed E-state index contributed by atoms with van der Waals surface area (Å²) >= 11 is 18.0. The molecule has 0 aliphatic carbocycles. The van der Waals surface area contributed by atoms with E-state index in [1.165, 1.54) is 0 Å². The molecule has 0 atom stereocenters. The first-order chi connectivity index (χ1) is 8.91. The van der Waals surface area contributed by atoms with Crippen LogP contribution in [-0.2, 0) is 13.5 Å². The molecule has 0 aliphatic rings. The molecule has 0 bridgehead atoms. The van der Waals surface area contributed by atoms with Gasteiger partial charge < -0.3 is 0 Å². The van der Waals surface area contributed by atoms with Crippen LogP contribution in [0.3, 0.4) is 0 Å². The Morgan fingerprint density at radius 1 is 1.32 bits per heavy atom. The highest BCUT2D eigenvalue weighted by atomic mass is 35.5. The number of benzene rings is 1. The van der Waals surface area contributed by atoms with Gasteiger partial charge in [0.1, 0.15) is 5.15 Å². The minimum absolute atomic E-state index is 0.134. The maximum atomic E-state index is 12.3. The van der Waals surface area contributed by atoms with Crippen molar-refractivity contribution >= 4 is 40.6 Å². The van der Waals surface area contributed by atoms with Crippen molar-refractivity contribution in [3.63, 3.8) is 0 Å². The Labute approximate surface area is 126 Å². The largest absolute Gasteiger partial charge is 0.294 e. The number of aryl methyl sites for hydroxylation is 2. The predicted octanol–water partition coefficient (Wildman–Crippen LogP) is 4.11. The van der Waals surface area contributed by atoms with Gasteiger partial charge >= 0.3 is 0 Å². The van der Waals surface area contributed by atoms with E-state index in [0.717, 1.165) is 5.69 Å². The molecule has 1 heterocycles. The number of Topliss-reactive ketones (excluding diaryl/α,β-unsaturated/α-hetero) is 1. The molecule has 0 aliphatic heterocycles. The molecule has 6 heteroatoms. The summed E-state index contributed by atoms with van der Waals surface area (Å²) in [5.41, 5.74) is 1.85. The minimum atomic E-state index is -0.134. The van der Waals surface area contributed by atoms with E-state index in [9.17, 15) is 4.79 Å². The second-order valence-electron chi connectivity index (χ2n) is 4.18. The van der Waals surface area contributed by atoms with Gasteiger partial charge in [0.25, 0.3) is 0 Å². The van der Waals surface area contributed by atoms with Gasteiger partial charge in [-0.15, -0.1) is 0 Å². The van der Waals surface area contributed by atoms with Crippen LogP contribution >= 0.6 is 34.8 Å². The highest BCUT2D eigenvalue weighted by molar-refractivity contribution is 6.44. The molecule has 1 aromatic heterocycles. The summed E-state index contributed by atoms with van der Waals surface area (Å²) in [5.74, 6) is -0.134. The fraction of sp³-hybridized carbons (Fsp3) is 0.231. The highest BCUT2D eigenvalue weighted by Crippen LogP contribution is 2.28. The van der Waals surface area contributed by atoms with Crippen molar-refractivity contribution in [2.45, 2.75) is 13.3 Å². The Kier molecular flexibility index (Phi) is 4.19. The molecular formula is C13H11Cl3N2O. The van der Waals surface area contributed by atoms with E-state index in [1.54, 1.807) is 29.9 Å². The highest BCUT2D eigenvalue weighted by Gasteiger charge is 2.18. The number of aromatic nitrogens is 2. The first kappa shape index (κ1) is 14.4. The Morgan fingerprint density at radius 3 is 2.58 bits per heavy atom. The van der Waals surface area contributed by atoms with E-state index in [0.29, 0.717) is 21.3 Å². The summed E-state index contributed by atoms with van der Waals surface area (Å²) in [6.45, 7) is 1.81. The number of rotatable bonds is 3. The van der Waals surface area contributed by atoms with E-state index in [2.05, 4.69) is 5.10 Å². The number of hydrogen-bond acceptors (Lipinski definition) is 2. The van der Waals surface area contributed by atoms with E-state index < -0.39 is 0 Å². The molecule has 0 N–H and O–H groups in total. The topological polar surface area (TPSA) is 34.9 Å². The molecule has 19 heavy (non-hydrogen) atoms. The molecule has 2 rings (SSSR count). The van der Waals surface area contributed by atoms with Gasteiger partial charge in [-0.1, -0.05) is 40.9 Å². The average molecular weight is 318 g/mol. The van der Waals surface area contributed by atoms with Crippen molar-refractivity contribution in [3.8, 4) is 0 Å². The fourth-order valence-corrected chi connectivity index (χ4v) is 2.50. The Bertz CT molecular complexity index is 650. The molecule has 2 aromatic rings. The van der Waals surface area contributed by atoms with Crippen LogP contribution in [0.15, 0.2) is 18.2 Å². The summed E-state index contributed by atoms with van der Waals surface area (Å²) in [5, 5.41) is 5.27. The number of nitrogens with zero attached hydrogens (tertiary/aromatic N) is 2. The van der Waals surface area contributed by atoms with Crippen molar-refractivity contribution in [3.05, 3.63) is 50.2 Å². The number of carbonyl (C=O) groups is 1. The molecule has 0 fully saturated rings. The van der Waals surface area contributed by atoms with Gasteiger partial charge in [0.15, 0.2) is 5.78 Å².